The van der Waals surface area contributed by atoms with Crippen molar-refractivity contribution in [3.63, 3.8) is 0 Å². The van der Waals surface area contributed by atoms with E-state index in [9.17, 15) is 0 Å². The van der Waals surface area contributed by atoms with Crippen molar-refractivity contribution in [1.82, 2.24) is 10.2 Å². The number of rotatable bonds is 9. The van der Waals surface area contributed by atoms with E-state index in [1.54, 1.807) is 7.11 Å². The highest BCUT2D eigenvalue weighted by Crippen LogP contribution is 2.37. The number of hydrogen-bond acceptors (Lipinski definition) is 3. The van der Waals surface area contributed by atoms with Crippen LogP contribution in [0.15, 0.2) is 72.3 Å². The third-order valence-corrected chi connectivity index (χ3v) is 6.15. The maximum Gasteiger partial charge on any atom is 0.0479 e. The van der Waals surface area contributed by atoms with Crippen LogP contribution >= 0.6 is 0 Å². The molecule has 0 spiro atoms. The summed E-state index contributed by atoms with van der Waals surface area (Å²) >= 11 is 0. The van der Waals surface area contributed by atoms with Gasteiger partial charge in [-0.1, -0.05) is 43.2 Å². The Hall–Kier alpha value is -3.02. The van der Waals surface area contributed by atoms with E-state index < -0.39 is 0 Å². The normalized spacial score (nSPS) is 18.7. The van der Waals surface area contributed by atoms with E-state index in [4.69, 9.17) is 4.74 Å². The summed E-state index contributed by atoms with van der Waals surface area (Å²) in [6.45, 7) is 10.9. The Balaban J connectivity index is 1.75. The molecule has 0 bridgehead atoms. The largest absolute Gasteiger partial charge is 0.385 e. The van der Waals surface area contributed by atoms with Crippen LogP contribution in [0.5, 0.6) is 0 Å². The first-order valence-electron chi connectivity index (χ1n) is 11.4. The summed E-state index contributed by atoms with van der Waals surface area (Å²) in [7, 11) is 1.75. The van der Waals surface area contributed by atoms with Gasteiger partial charge in [0.25, 0.3) is 0 Å². The van der Waals surface area contributed by atoms with E-state index >= 15 is 0 Å². The van der Waals surface area contributed by atoms with Gasteiger partial charge in [0, 0.05) is 51.2 Å². The minimum Gasteiger partial charge on any atom is -0.385 e. The maximum atomic E-state index is 5.29. The van der Waals surface area contributed by atoms with Crippen molar-refractivity contribution >= 4 is 11.6 Å². The minimum absolute atomic E-state index is 0.679. The fourth-order valence-electron chi connectivity index (χ4n) is 4.31. The summed E-state index contributed by atoms with van der Waals surface area (Å²) in [6, 6.07) is 7.16. The second-order valence-corrected chi connectivity index (χ2v) is 8.56. The molecule has 164 valence electrons. The summed E-state index contributed by atoms with van der Waals surface area (Å²) in [5.74, 6) is 6.34. The summed E-state index contributed by atoms with van der Waals surface area (Å²) in [5, 5.41) is 3.68. The Kier molecular flexibility index (Phi) is 7.30. The van der Waals surface area contributed by atoms with Gasteiger partial charge in [-0.25, -0.2) is 0 Å². The Morgan fingerprint density at radius 1 is 1.38 bits per heavy atom. The standard InChI is InChI=1S/C29H32N2O/c1-4-10-27(28-14-8-12-24-11-6-5-7-13-26(24)28)29-19-23(20-30-25-15-16-25)21-31(22(29)2)17-9-18-32-3/h7-8,10,12-14,21,25,30H,1-2,9,11,15-20H2,3H3/b29-27+. The van der Waals surface area contributed by atoms with Crippen LogP contribution < -0.4 is 5.32 Å². The number of nitrogens with one attached hydrogen (secondary N) is 1. The fourth-order valence-corrected chi connectivity index (χ4v) is 4.31. The average Bonchev–Trinajstić information content (AvgIpc) is 3.64. The molecule has 1 aromatic carbocycles. The molecule has 0 atom stereocenters. The van der Waals surface area contributed by atoms with Crippen molar-refractivity contribution in [2.45, 2.75) is 38.1 Å². The Morgan fingerprint density at radius 3 is 3.03 bits per heavy atom. The molecule has 3 nitrogen and oxygen atoms in total. The summed E-state index contributed by atoms with van der Waals surface area (Å²) < 4.78 is 5.29. The van der Waals surface area contributed by atoms with Gasteiger partial charge in [0.1, 0.15) is 0 Å². The zero-order chi connectivity index (χ0) is 22.3. The van der Waals surface area contributed by atoms with Gasteiger partial charge in [-0.15, -0.1) is 5.73 Å². The summed E-state index contributed by atoms with van der Waals surface area (Å²) in [6.07, 6.45) is 13.5. The molecule has 0 amide bonds. The maximum absolute atomic E-state index is 5.29. The molecule has 2 aliphatic carbocycles. The molecule has 1 aromatic rings. The predicted molar refractivity (Wildman–Crippen MR) is 134 cm³/mol. The van der Waals surface area contributed by atoms with E-state index in [1.165, 1.54) is 40.7 Å². The second-order valence-electron chi connectivity index (χ2n) is 8.56. The van der Waals surface area contributed by atoms with Crippen LogP contribution in [0.25, 0.3) is 11.6 Å². The molecule has 4 rings (SSSR count). The molecular formula is C29H32N2O. The van der Waals surface area contributed by atoms with Gasteiger partial charge >= 0.3 is 0 Å². The van der Waals surface area contributed by atoms with Crippen molar-refractivity contribution in [2.24, 2.45) is 0 Å². The molecule has 3 aliphatic rings. The average molecular weight is 425 g/mol. The van der Waals surface area contributed by atoms with Gasteiger partial charge in [-0.3, -0.25) is 0 Å². The van der Waals surface area contributed by atoms with Crippen molar-refractivity contribution in [1.29, 1.82) is 0 Å². The quantitative estimate of drug-likeness (QED) is 0.333. The van der Waals surface area contributed by atoms with Crippen molar-refractivity contribution in [2.75, 3.05) is 26.8 Å². The van der Waals surface area contributed by atoms with Crippen LogP contribution in [0.3, 0.4) is 0 Å². The van der Waals surface area contributed by atoms with Crippen LogP contribution in [-0.2, 0) is 11.2 Å². The highest BCUT2D eigenvalue weighted by Gasteiger charge is 2.25. The number of allylic oxidation sites excluding steroid dienone is 4. The zero-order valence-electron chi connectivity index (χ0n) is 19.0. The second kappa shape index (κ2) is 10.5. The number of methoxy groups -OCH3 is 1. The SMILES string of the molecule is C=C=C/C(=C1/CC(CNC2CC2)=CN(CCCOC)C1=C)c1cccc2c1C=CC#CC2. The monoisotopic (exact) mass is 424 g/mol. The zero-order valence-corrected chi connectivity index (χ0v) is 19.0. The molecule has 0 unspecified atom stereocenters. The van der Waals surface area contributed by atoms with Gasteiger partial charge in [-0.2, -0.15) is 0 Å². The lowest BCUT2D eigenvalue weighted by Gasteiger charge is -2.33. The highest BCUT2D eigenvalue weighted by atomic mass is 16.5. The lowest BCUT2D eigenvalue weighted by atomic mass is 9.86. The molecule has 0 aromatic heterocycles. The molecule has 1 heterocycles. The molecule has 3 heteroatoms. The van der Waals surface area contributed by atoms with E-state index in [2.05, 4.69) is 71.4 Å². The van der Waals surface area contributed by atoms with Crippen molar-refractivity contribution in [3.8, 4) is 11.8 Å². The van der Waals surface area contributed by atoms with E-state index in [0.717, 1.165) is 50.2 Å². The smallest absolute Gasteiger partial charge is 0.0479 e. The van der Waals surface area contributed by atoms with E-state index in [0.29, 0.717) is 6.04 Å². The van der Waals surface area contributed by atoms with E-state index in [-0.39, 0.29) is 0 Å². The lowest BCUT2D eigenvalue weighted by molar-refractivity contribution is 0.187. The number of fused-ring (bicyclic) bond motifs is 1. The Labute approximate surface area is 192 Å². The fraction of sp³-hybridized carbons (Fsp3) is 0.345. The third kappa shape index (κ3) is 5.23. The van der Waals surface area contributed by atoms with Gasteiger partial charge in [0.15, 0.2) is 0 Å². The first kappa shape index (κ1) is 22.2. The lowest BCUT2D eigenvalue weighted by Crippen LogP contribution is -2.28. The van der Waals surface area contributed by atoms with Crippen LogP contribution in [0.1, 0.15) is 42.4 Å². The number of ether oxygens (including phenoxy) is 1. The number of hydrogen-bond donors (Lipinski definition) is 1. The molecule has 0 radical (unpaired) electrons. The summed E-state index contributed by atoms with van der Waals surface area (Å²) in [4.78, 5) is 2.29. The molecule has 1 saturated carbocycles. The molecule has 1 aliphatic heterocycles. The molecule has 32 heavy (non-hydrogen) atoms. The third-order valence-electron chi connectivity index (χ3n) is 6.15. The highest BCUT2D eigenvalue weighted by molar-refractivity contribution is 5.86. The van der Waals surface area contributed by atoms with Gasteiger partial charge < -0.3 is 15.0 Å². The minimum atomic E-state index is 0.679. The Morgan fingerprint density at radius 2 is 2.25 bits per heavy atom. The topological polar surface area (TPSA) is 24.5 Å². The Bertz CT molecular complexity index is 1080. The van der Waals surface area contributed by atoms with Gasteiger partial charge in [0.2, 0.25) is 0 Å². The van der Waals surface area contributed by atoms with Crippen LogP contribution in [-0.4, -0.2) is 37.7 Å². The van der Waals surface area contributed by atoms with Gasteiger partial charge in [-0.05, 0) is 77.3 Å². The van der Waals surface area contributed by atoms with Crippen molar-refractivity contribution < 1.29 is 4.74 Å². The first-order valence-corrected chi connectivity index (χ1v) is 11.4. The number of nitrogens with zero attached hydrogens (tertiary/aromatic N) is 1. The van der Waals surface area contributed by atoms with Gasteiger partial charge in [0.05, 0.1) is 0 Å². The van der Waals surface area contributed by atoms with E-state index in [1.807, 2.05) is 12.2 Å². The summed E-state index contributed by atoms with van der Waals surface area (Å²) in [5.41, 5.74) is 11.5. The first-order chi connectivity index (χ1) is 15.7. The van der Waals surface area contributed by atoms with Crippen molar-refractivity contribution in [3.05, 3.63) is 89.0 Å². The number of benzene rings is 1. The molecule has 0 saturated heterocycles. The predicted octanol–water partition coefficient (Wildman–Crippen LogP) is 5.25. The molecule has 1 N–H and O–H groups in total. The van der Waals surface area contributed by atoms with Crippen LogP contribution in [0, 0.1) is 11.8 Å². The van der Waals surface area contributed by atoms with Crippen LogP contribution in [0.2, 0.25) is 0 Å². The van der Waals surface area contributed by atoms with Crippen LogP contribution in [0.4, 0.5) is 0 Å². The molecule has 1 fully saturated rings. The molecular weight excluding hydrogens is 392 g/mol.